The maximum atomic E-state index is 12.7. The number of benzene rings is 2. The maximum absolute atomic E-state index is 12.7. The monoisotopic (exact) mass is 376 g/mol. The van der Waals surface area contributed by atoms with Crippen LogP contribution in [0.3, 0.4) is 0 Å². The zero-order valence-electron chi connectivity index (χ0n) is 14.3. The summed E-state index contributed by atoms with van der Waals surface area (Å²) in [6, 6.07) is 9.36. The van der Waals surface area contributed by atoms with Gasteiger partial charge in [0.25, 0.3) is 10.0 Å². The number of carbonyl (C=O) groups excluding carboxylic acids is 1. The predicted molar refractivity (Wildman–Crippen MR) is 97.7 cm³/mol. The molecule has 3 N–H and O–H groups in total. The number of rotatable bonds is 6. The van der Waals surface area contributed by atoms with Crippen molar-refractivity contribution in [1.29, 1.82) is 0 Å². The molecule has 0 aliphatic carbocycles. The Hall–Kier alpha value is -2.58. The second-order valence-corrected chi connectivity index (χ2v) is 7.57. The molecular formula is C18H20N2O5S. The lowest BCUT2D eigenvalue weighted by atomic mass is 10.0. The highest BCUT2D eigenvalue weighted by Gasteiger charge is 2.20. The lowest BCUT2D eigenvalue weighted by Crippen LogP contribution is -2.20. The van der Waals surface area contributed by atoms with Gasteiger partial charge in [-0.1, -0.05) is 0 Å². The second-order valence-electron chi connectivity index (χ2n) is 5.89. The van der Waals surface area contributed by atoms with E-state index in [-0.39, 0.29) is 17.4 Å². The number of hydrogen-bond donors (Lipinski definition) is 3. The number of ether oxygens (including phenoxy) is 1. The first-order chi connectivity index (χ1) is 12.4. The smallest absolute Gasteiger partial charge is 0.261 e. The van der Waals surface area contributed by atoms with Crippen LogP contribution in [0, 0.1) is 0 Å². The Morgan fingerprint density at radius 2 is 2.00 bits per heavy atom. The highest BCUT2D eigenvalue weighted by molar-refractivity contribution is 7.92. The van der Waals surface area contributed by atoms with Crippen molar-refractivity contribution in [2.24, 2.45) is 0 Å². The minimum atomic E-state index is -3.80. The zero-order chi connectivity index (χ0) is 18.7. The number of amides is 1. The molecule has 0 aromatic heterocycles. The summed E-state index contributed by atoms with van der Waals surface area (Å²) in [5.74, 6) is 0.444. The highest BCUT2D eigenvalue weighted by Crippen LogP contribution is 2.28. The minimum absolute atomic E-state index is 0.0721. The van der Waals surface area contributed by atoms with Gasteiger partial charge in [0.2, 0.25) is 5.91 Å². The second kappa shape index (κ2) is 7.35. The van der Waals surface area contributed by atoms with Crippen molar-refractivity contribution < 1.29 is 23.1 Å². The fourth-order valence-corrected chi connectivity index (χ4v) is 3.90. The van der Waals surface area contributed by atoms with E-state index in [4.69, 9.17) is 4.74 Å². The van der Waals surface area contributed by atoms with E-state index >= 15 is 0 Å². The summed E-state index contributed by atoms with van der Waals surface area (Å²) < 4.78 is 33.2. The van der Waals surface area contributed by atoms with Gasteiger partial charge in [-0.05, 0) is 55.3 Å². The first kappa shape index (κ1) is 18.2. The third-order valence-electron chi connectivity index (χ3n) is 4.07. The number of carbonyl (C=O) groups is 1. The van der Waals surface area contributed by atoms with Crippen LogP contribution in [0.2, 0.25) is 0 Å². The largest absolute Gasteiger partial charge is 0.494 e. The number of anilines is 2. The number of nitrogens with one attached hydrogen (secondary N) is 2. The van der Waals surface area contributed by atoms with Crippen LogP contribution in [0.25, 0.3) is 0 Å². The molecule has 1 aliphatic rings. The summed E-state index contributed by atoms with van der Waals surface area (Å²) in [7, 11) is -3.80. The number of sulfonamides is 1. The Bertz CT molecular complexity index is 941. The Labute approximate surface area is 152 Å². The van der Waals surface area contributed by atoms with Crippen LogP contribution >= 0.6 is 0 Å². The van der Waals surface area contributed by atoms with Gasteiger partial charge < -0.3 is 15.2 Å². The third-order valence-corrected chi connectivity index (χ3v) is 5.44. The number of aliphatic hydroxyl groups is 1. The molecule has 1 amide bonds. The summed E-state index contributed by atoms with van der Waals surface area (Å²) in [6.45, 7) is 2.02. The van der Waals surface area contributed by atoms with E-state index < -0.39 is 10.0 Å². The van der Waals surface area contributed by atoms with Crippen molar-refractivity contribution in [3.8, 4) is 5.75 Å². The van der Waals surface area contributed by atoms with Gasteiger partial charge in [-0.3, -0.25) is 9.52 Å². The van der Waals surface area contributed by atoms with Crippen molar-refractivity contribution in [2.45, 2.75) is 31.3 Å². The quantitative estimate of drug-likeness (QED) is 0.717. The van der Waals surface area contributed by atoms with Crippen LogP contribution in [0.1, 0.15) is 24.5 Å². The molecular weight excluding hydrogens is 356 g/mol. The van der Waals surface area contributed by atoms with E-state index in [2.05, 4.69) is 10.0 Å². The normalized spacial score (nSPS) is 13.7. The molecule has 0 saturated heterocycles. The topological polar surface area (TPSA) is 105 Å². The van der Waals surface area contributed by atoms with Crippen LogP contribution in [-0.2, 0) is 27.8 Å². The SMILES string of the molecule is CCOc1ccc(NS(=O)(=O)c2ccc3c(c2)CCC(=O)N3)cc1CO. The first-order valence-electron chi connectivity index (χ1n) is 8.25. The lowest BCUT2D eigenvalue weighted by molar-refractivity contribution is -0.116. The van der Waals surface area contributed by atoms with Crippen molar-refractivity contribution in [3.63, 3.8) is 0 Å². The average Bonchev–Trinajstić information content (AvgIpc) is 2.62. The lowest BCUT2D eigenvalue weighted by Gasteiger charge is -2.18. The molecule has 2 aromatic rings. The molecule has 0 radical (unpaired) electrons. The summed E-state index contributed by atoms with van der Waals surface area (Å²) in [5.41, 5.74) is 2.27. The maximum Gasteiger partial charge on any atom is 0.261 e. The number of hydrogen-bond acceptors (Lipinski definition) is 5. The van der Waals surface area contributed by atoms with Gasteiger partial charge in [0, 0.05) is 23.4 Å². The summed E-state index contributed by atoms with van der Waals surface area (Å²) in [5, 5.41) is 12.2. The van der Waals surface area contributed by atoms with Gasteiger partial charge in [0.1, 0.15) is 5.75 Å². The molecule has 0 fully saturated rings. The van der Waals surface area contributed by atoms with Gasteiger partial charge in [-0.25, -0.2) is 8.42 Å². The molecule has 138 valence electrons. The van der Waals surface area contributed by atoms with Crippen molar-refractivity contribution in [3.05, 3.63) is 47.5 Å². The molecule has 0 atom stereocenters. The molecule has 1 aliphatic heterocycles. The molecule has 2 aromatic carbocycles. The number of fused-ring (bicyclic) bond motifs is 1. The van der Waals surface area contributed by atoms with Crippen LogP contribution in [0.4, 0.5) is 11.4 Å². The van der Waals surface area contributed by atoms with E-state index in [0.717, 1.165) is 5.56 Å². The summed E-state index contributed by atoms with van der Waals surface area (Å²) >= 11 is 0. The van der Waals surface area contributed by atoms with Gasteiger partial charge in [-0.15, -0.1) is 0 Å². The Morgan fingerprint density at radius 3 is 2.73 bits per heavy atom. The fraction of sp³-hybridized carbons (Fsp3) is 0.278. The molecule has 0 saturated carbocycles. The minimum Gasteiger partial charge on any atom is -0.494 e. The van der Waals surface area contributed by atoms with Crippen molar-refractivity contribution in [2.75, 3.05) is 16.6 Å². The predicted octanol–water partition coefficient (Wildman–Crippen LogP) is 2.26. The Morgan fingerprint density at radius 1 is 1.19 bits per heavy atom. The summed E-state index contributed by atoms with van der Waals surface area (Å²) in [6.07, 6.45) is 0.838. The number of aliphatic hydroxyl groups excluding tert-OH is 1. The Balaban J connectivity index is 1.86. The van der Waals surface area contributed by atoms with Gasteiger partial charge in [0.15, 0.2) is 0 Å². The molecule has 3 rings (SSSR count). The van der Waals surface area contributed by atoms with E-state index in [0.29, 0.717) is 42.1 Å². The molecule has 0 bridgehead atoms. The molecule has 7 nitrogen and oxygen atoms in total. The summed E-state index contributed by atoms with van der Waals surface area (Å²) in [4.78, 5) is 11.5. The highest BCUT2D eigenvalue weighted by atomic mass is 32.2. The van der Waals surface area contributed by atoms with E-state index in [9.17, 15) is 18.3 Å². The van der Waals surface area contributed by atoms with Gasteiger partial charge in [-0.2, -0.15) is 0 Å². The van der Waals surface area contributed by atoms with E-state index in [1.807, 2.05) is 6.92 Å². The van der Waals surface area contributed by atoms with E-state index in [1.54, 1.807) is 30.3 Å². The van der Waals surface area contributed by atoms with Gasteiger partial charge >= 0.3 is 0 Å². The van der Waals surface area contributed by atoms with Crippen molar-refractivity contribution >= 4 is 27.3 Å². The van der Waals surface area contributed by atoms with Crippen LogP contribution in [0.5, 0.6) is 5.75 Å². The van der Waals surface area contributed by atoms with Crippen LogP contribution in [-0.4, -0.2) is 26.0 Å². The Kier molecular flexibility index (Phi) is 5.15. The molecule has 26 heavy (non-hydrogen) atoms. The number of aryl methyl sites for hydroxylation is 1. The third kappa shape index (κ3) is 3.81. The molecule has 8 heteroatoms. The molecule has 0 unspecified atom stereocenters. The van der Waals surface area contributed by atoms with Crippen molar-refractivity contribution in [1.82, 2.24) is 0 Å². The fourth-order valence-electron chi connectivity index (χ4n) is 2.80. The van der Waals surface area contributed by atoms with E-state index in [1.165, 1.54) is 6.07 Å². The van der Waals surface area contributed by atoms with Crippen LogP contribution < -0.4 is 14.8 Å². The molecule has 1 heterocycles. The standard InChI is InChI=1S/C18H20N2O5S/c1-2-25-17-7-4-14(9-13(17)11-21)20-26(23,24)15-5-6-16-12(10-15)3-8-18(22)19-16/h4-7,9-10,20-21H,2-3,8,11H2,1H3,(H,19,22). The van der Waals surface area contributed by atoms with Crippen LogP contribution in [0.15, 0.2) is 41.3 Å². The first-order valence-corrected chi connectivity index (χ1v) is 9.73. The average molecular weight is 376 g/mol. The molecule has 0 spiro atoms. The zero-order valence-corrected chi connectivity index (χ0v) is 15.1. The van der Waals surface area contributed by atoms with Gasteiger partial charge in [0.05, 0.1) is 18.1 Å².